The largest absolute Gasteiger partial charge is 0.342 e. The van der Waals surface area contributed by atoms with Crippen LogP contribution in [0, 0.1) is 0 Å². The van der Waals surface area contributed by atoms with Crippen molar-refractivity contribution in [3.63, 3.8) is 0 Å². The second kappa shape index (κ2) is 8.09. The van der Waals surface area contributed by atoms with E-state index >= 15 is 0 Å². The molecule has 1 aromatic heterocycles. The van der Waals surface area contributed by atoms with Gasteiger partial charge in [0.1, 0.15) is 5.69 Å². The average molecular weight is 344 g/mol. The number of carbonyl (C=O) groups excluding carboxylic acids is 3. The van der Waals surface area contributed by atoms with Crippen LogP contribution in [0.25, 0.3) is 0 Å². The molecule has 0 aliphatic carbocycles. The summed E-state index contributed by atoms with van der Waals surface area (Å²) in [5, 5.41) is 0. The van der Waals surface area contributed by atoms with E-state index in [2.05, 4.69) is 4.98 Å². The number of rotatable bonds is 3. The Balaban J connectivity index is 1.69. The molecule has 0 saturated carbocycles. The van der Waals surface area contributed by atoms with Crippen LogP contribution >= 0.6 is 0 Å². The van der Waals surface area contributed by atoms with E-state index in [1.54, 1.807) is 21.9 Å². The Morgan fingerprint density at radius 1 is 0.880 bits per heavy atom. The second-order valence-electron chi connectivity index (χ2n) is 6.57. The van der Waals surface area contributed by atoms with Gasteiger partial charge < -0.3 is 14.7 Å². The summed E-state index contributed by atoms with van der Waals surface area (Å²) in [5.41, 5.74) is 0.812. The van der Waals surface area contributed by atoms with E-state index < -0.39 is 0 Å². The molecule has 0 N–H and O–H groups in total. The molecule has 0 aromatic carbocycles. The molecule has 2 aliphatic rings. The first-order chi connectivity index (χ1) is 12.2. The van der Waals surface area contributed by atoms with Crippen LogP contribution in [-0.2, 0) is 4.79 Å². The fourth-order valence-electron chi connectivity index (χ4n) is 3.33. The SMILES string of the molecule is O=CN1CCN(C(=O)c2ccnc(C(=O)N3CCCCCC3)c2)CC1. The Kier molecular flexibility index (Phi) is 5.63. The minimum atomic E-state index is -0.113. The third-order valence-corrected chi connectivity index (χ3v) is 4.87. The van der Waals surface area contributed by atoms with Crippen molar-refractivity contribution < 1.29 is 14.4 Å². The van der Waals surface area contributed by atoms with E-state index in [0.29, 0.717) is 37.4 Å². The zero-order chi connectivity index (χ0) is 17.6. The molecule has 0 atom stereocenters. The Morgan fingerprint density at radius 2 is 1.52 bits per heavy atom. The van der Waals surface area contributed by atoms with E-state index in [4.69, 9.17) is 0 Å². The number of piperazine rings is 1. The lowest BCUT2D eigenvalue weighted by molar-refractivity contribution is -0.119. The van der Waals surface area contributed by atoms with Crippen LogP contribution in [0.4, 0.5) is 0 Å². The summed E-state index contributed by atoms with van der Waals surface area (Å²) in [6.45, 7) is 3.61. The van der Waals surface area contributed by atoms with Crippen molar-refractivity contribution in [2.45, 2.75) is 25.7 Å². The monoisotopic (exact) mass is 344 g/mol. The zero-order valence-corrected chi connectivity index (χ0v) is 14.4. The Labute approximate surface area is 147 Å². The van der Waals surface area contributed by atoms with Crippen molar-refractivity contribution in [3.8, 4) is 0 Å². The van der Waals surface area contributed by atoms with Crippen LogP contribution in [0.1, 0.15) is 46.5 Å². The molecule has 7 nitrogen and oxygen atoms in total. The van der Waals surface area contributed by atoms with Gasteiger partial charge in [-0.2, -0.15) is 0 Å². The summed E-state index contributed by atoms with van der Waals surface area (Å²) in [6.07, 6.45) is 6.69. The van der Waals surface area contributed by atoms with Crippen molar-refractivity contribution in [1.29, 1.82) is 0 Å². The maximum atomic E-state index is 12.7. The highest BCUT2D eigenvalue weighted by atomic mass is 16.2. The van der Waals surface area contributed by atoms with Crippen molar-refractivity contribution in [1.82, 2.24) is 19.7 Å². The quantitative estimate of drug-likeness (QED) is 0.767. The van der Waals surface area contributed by atoms with Gasteiger partial charge in [-0.25, -0.2) is 0 Å². The lowest BCUT2D eigenvalue weighted by Crippen LogP contribution is -2.48. The van der Waals surface area contributed by atoms with E-state index in [-0.39, 0.29) is 11.8 Å². The minimum Gasteiger partial charge on any atom is -0.342 e. The number of hydrogen-bond donors (Lipinski definition) is 0. The van der Waals surface area contributed by atoms with Gasteiger partial charge in [0.2, 0.25) is 6.41 Å². The number of carbonyl (C=O) groups is 3. The van der Waals surface area contributed by atoms with Gasteiger partial charge in [0, 0.05) is 51.0 Å². The first-order valence-electron chi connectivity index (χ1n) is 8.93. The first-order valence-corrected chi connectivity index (χ1v) is 8.93. The predicted molar refractivity (Wildman–Crippen MR) is 92.1 cm³/mol. The molecule has 2 saturated heterocycles. The molecular weight excluding hydrogens is 320 g/mol. The van der Waals surface area contributed by atoms with Gasteiger partial charge in [-0.05, 0) is 25.0 Å². The molecular formula is C18H24N4O3. The smallest absolute Gasteiger partial charge is 0.272 e. The van der Waals surface area contributed by atoms with Gasteiger partial charge in [0.25, 0.3) is 11.8 Å². The molecule has 25 heavy (non-hydrogen) atoms. The summed E-state index contributed by atoms with van der Waals surface area (Å²) in [6, 6.07) is 3.25. The average Bonchev–Trinajstić information content (AvgIpc) is 2.96. The number of hydrogen-bond acceptors (Lipinski definition) is 4. The number of likely N-dealkylation sites (tertiary alicyclic amines) is 1. The minimum absolute atomic E-state index is 0.0951. The maximum absolute atomic E-state index is 12.7. The molecule has 0 bridgehead atoms. The van der Waals surface area contributed by atoms with Crippen LogP contribution in [-0.4, -0.2) is 77.2 Å². The van der Waals surface area contributed by atoms with Crippen LogP contribution in [0.15, 0.2) is 18.3 Å². The van der Waals surface area contributed by atoms with Crippen molar-refractivity contribution in [2.24, 2.45) is 0 Å². The van der Waals surface area contributed by atoms with E-state index in [1.807, 2.05) is 4.90 Å². The molecule has 1 aromatic rings. The molecule has 3 heterocycles. The third kappa shape index (κ3) is 4.15. The third-order valence-electron chi connectivity index (χ3n) is 4.87. The van der Waals surface area contributed by atoms with E-state index in [1.165, 1.54) is 6.20 Å². The summed E-state index contributed by atoms with van der Waals surface area (Å²) in [5.74, 6) is -0.208. The van der Waals surface area contributed by atoms with Crippen molar-refractivity contribution in [3.05, 3.63) is 29.6 Å². The van der Waals surface area contributed by atoms with Gasteiger partial charge in [0.15, 0.2) is 0 Å². The topological polar surface area (TPSA) is 73.8 Å². The fraction of sp³-hybridized carbons (Fsp3) is 0.556. The highest BCUT2D eigenvalue weighted by Crippen LogP contribution is 2.14. The molecule has 134 valence electrons. The standard InChI is InChI=1S/C18H24N4O3/c23-14-20-9-11-22(12-10-20)17(24)15-5-6-19-16(13-15)18(25)21-7-3-1-2-4-8-21/h5-6,13-14H,1-4,7-12H2. The number of nitrogens with zero attached hydrogens (tertiary/aromatic N) is 4. The molecule has 3 amide bonds. The molecule has 0 spiro atoms. The van der Waals surface area contributed by atoms with Crippen LogP contribution < -0.4 is 0 Å². The van der Waals surface area contributed by atoms with Crippen LogP contribution in [0.3, 0.4) is 0 Å². The molecule has 0 unspecified atom stereocenters. The maximum Gasteiger partial charge on any atom is 0.272 e. The molecule has 3 rings (SSSR count). The summed E-state index contributed by atoms with van der Waals surface area (Å²) in [4.78, 5) is 45.5. The van der Waals surface area contributed by atoms with E-state index in [9.17, 15) is 14.4 Å². The lowest BCUT2D eigenvalue weighted by Gasteiger charge is -2.32. The molecule has 0 radical (unpaired) electrons. The Hall–Kier alpha value is -2.44. The van der Waals surface area contributed by atoms with Gasteiger partial charge >= 0.3 is 0 Å². The lowest BCUT2D eigenvalue weighted by atomic mass is 10.1. The fourth-order valence-corrected chi connectivity index (χ4v) is 3.33. The van der Waals surface area contributed by atoms with Gasteiger partial charge in [-0.1, -0.05) is 12.8 Å². The van der Waals surface area contributed by atoms with Gasteiger partial charge in [0.05, 0.1) is 0 Å². The summed E-state index contributed by atoms with van der Waals surface area (Å²) >= 11 is 0. The number of amides is 3. The molecule has 7 heteroatoms. The van der Waals surface area contributed by atoms with Crippen molar-refractivity contribution >= 4 is 18.2 Å². The zero-order valence-electron chi connectivity index (χ0n) is 14.4. The van der Waals surface area contributed by atoms with Crippen LogP contribution in [0.2, 0.25) is 0 Å². The first kappa shape index (κ1) is 17.4. The Bertz CT molecular complexity index is 633. The van der Waals surface area contributed by atoms with Gasteiger partial charge in [-0.15, -0.1) is 0 Å². The highest BCUT2D eigenvalue weighted by molar-refractivity contribution is 5.98. The summed E-state index contributed by atoms with van der Waals surface area (Å²) < 4.78 is 0. The molecule has 2 aliphatic heterocycles. The van der Waals surface area contributed by atoms with Gasteiger partial charge in [-0.3, -0.25) is 19.4 Å². The van der Waals surface area contributed by atoms with Crippen molar-refractivity contribution in [2.75, 3.05) is 39.3 Å². The Morgan fingerprint density at radius 3 is 2.16 bits per heavy atom. The number of aromatic nitrogens is 1. The normalized spacial score (nSPS) is 18.6. The molecule has 2 fully saturated rings. The number of pyridine rings is 1. The predicted octanol–water partition coefficient (Wildman–Crippen LogP) is 1.01. The summed E-state index contributed by atoms with van der Waals surface area (Å²) in [7, 11) is 0. The highest BCUT2D eigenvalue weighted by Gasteiger charge is 2.23. The van der Waals surface area contributed by atoms with E-state index in [0.717, 1.165) is 45.2 Å². The second-order valence-corrected chi connectivity index (χ2v) is 6.57. The van der Waals surface area contributed by atoms with Crippen LogP contribution in [0.5, 0.6) is 0 Å².